The quantitative estimate of drug-likeness (QED) is 0.436. The molecule has 7 heteroatoms. The van der Waals surface area contributed by atoms with Gasteiger partial charge < -0.3 is 15.2 Å². The Labute approximate surface area is 112 Å². The highest BCUT2D eigenvalue weighted by atomic mass is 16.5. The first-order chi connectivity index (χ1) is 9.08. The summed E-state index contributed by atoms with van der Waals surface area (Å²) in [5, 5.41) is 14.8. The topological polar surface area (TPSA) is 90.9 Å². The highest BCUT2D eigenvalue weighted by molar-refractivity contribution is 5.76. The first kappa shape index (κ1) is 14.2. The van der Waals surface area contributed by atoms with Gasteiger partial charge in [-0.05, 0) is 32.9 Å². The molecular formula is C12H21N3O4. The number of nitrogens with one attached hydrogen (secondary N) is 2. The van der Waals surface area contributed by atoms with Gasteiger partial charge in [-0.3, -0.25) is 19.8 Å². The summed E-state index contributed by atoms with van der Waals surface area (Å²) in [5.74, 6) is -1.04. The van der Waals surface area contributed by atoms with Gasteiger partial charge >= 0.3 is 11.9 Å². The molecule has 0 saturated carbocycles. The molecule has 2 heterocycles. The Hall–Kier alpha value is -1.18. The second kappa shape index (κ2) is 6.31. The Morgan fingerprint density at radius 1 is 1.53 bits per heavy atom. The molecule has 2 aliphatic heterocycles. The normalized spacial score (nSPS) is 31.5. The molecule has 19 heavy (non-hydrogen) atoms. The van der Waals surface area contributed by atoms with E-state index in [2.05, 4.69) is 10.6 Å². The van der Waals surface area contributed by atoms with Crippen molar-refractivity contribution in [2.45, 2.75) is 37.4 Å². The van der Waals surface area contributed by atoms with Gasteiger partial charge in [0.1, 0.15) is 18.8 Å². The Morgan fingerprint density at radius 2 is 2.32 bits per heavy atom. The van der Waals surface area contributed by atoms with Crippen molar-refractivity contribution in [3.05, 3.63) is 0 Å². The van der Waals surface area contributed by atoms with Crippen LogP contribution in [-0.4, -0.2) is 66.9 Å². The number of carbonyl (C=O) groups excluding carboxylic acids is 1. The SMILES string of the molecule is CN1CCC[C@@H]1C(=O)OCN[C@H]1CN[C@H](C(=O)O)C1. The van der Waals surface area contributed by atoms with Crippen LogP contribution in [0.2, 0.25) is 0 Å². The summed E-state index contributed by atoms with van der Waals surface area (Å²) in [7, 11) is 1.92. The van der Waals surface area contributed by atoms with Crippen molar-refractivity contribution < 1.29 is 19.4 Å². The van der Waals surface area contributed by atoms with Crippen molar-refractivity contribution in [2.24, 2.45) is 0 Å². The number of likely N-dealkylation sites (tertiary alicyclic amines) is 1. The molecule has 2 rings (SSSR count). The minimum absolute atomic E-state index is 0.0372. The second-order valence-electron chi connectivity index (χ2n) is 5.18. The minimum atomic E-state index is -0.839. The maximum Gasteiger partial charge on any atom is 0.324 e. The number of likely N-dealkylation sites (N-methyl/N-ethyl adjacent to an activating group) is 1. The summed E-state index contributed by atoms with van der Waals surface area (Å²) in [6, 6.07) is -0.598. The summed E-state index contributed by atoms with van der Waals surface area (Å²) in [6.45, 7) is 1.65. The number of carboxylic acids is 1. The maximum atomic E-state index is 11.8. The molecule has 0 amide bonds. The van der Waals surface area contributed by atoms with E-state index >= 15 is 0 Å². The molecule has 0 bridgehead atoms. The molecule has 0 unspecified atom stereocenters. The van der Waals surface area contributed by atoms with E-state index in [1.54, 1.807) is 0 Å². The summed E-state index contributed by atoms with van der Waals surface area (Å²) in [6.07, 6.45) is 2.38. The molecule has 0 aromatic carbocycles. The third kappa shape index (κ3) is 3.65. The fraction of sp³-hybridized carbons (Fsp3) is 0.833. The lowest BCUT2D eigenvalue weighted by atomic mass is 10.2. The van der Waals surface area contributed by atoms with Crippen LogP contribution in [0.1, 0.15) is 19.3 Å². The molecule has 2 saturated heterocycles. The van der Waals surface area contributed by atoms with Crippen LogP contribution in [0.25, 0.3) is 0 Å². The second-order valence-corrected chi connectivity index (χ2v) is 5.18. The largest absolute Gasteiger partial charge is 0.480 e. The van der Waals surface area contributed by atoms with E-state index < -0.39 is 12.0 Å². The van der Waals surface area contributed by atoms with E-state index in [4.69, 9.17) is 9.84 Å². The van der Waals surface area contributed by atoms with Gasteiger partial charge in [-0.1, -0.05) is 0 Å². The van der Waals surface area contributed by atoms with Crippen LogP contribution in [0.5, 0.6) is 0 Å². The van der Waals surface area contributed by atoms with Gasteiger partial charge in [-0.15, -0.1) is 0 Å². The number of nitrogens with zero attached hydrogens (tertiary/aromatic N) is 1. The van der Waals surface area contributed by atoms with Gasteiger partial charge in [0, 0.05) is 12.6 Å². The summed E-state index contributed by atoms with van der Waals surface area (Å²) < 4.78 is 5.19. The number of rotatable bonds is 5. The van der Waals surface area contributed by atoms with Crippen LogP contribution < -0.4 is 10.6 Å². The zero-order valence-electron chi connectivity index (χ0n) is 11.1. The molecule has 3 atom stereocenters. The molecule has 7 nitrogen and oxygen atoms in total. The van der Waals surface area contributed by atoms with Gasteiger partial charge in [-0.2, -0.15) is 0 Å². The molecular weight excluding hydrogens is 250 g/mol. The van der Waals surface area contributed by atoms with E-state index in [9.17, 15) is 9.59 Å². The standard InChI is InChI=1S/C12H21N3O4/c1-15-4-2-3-10(15)12(18)19-7-14-8-5-9(11(16)17)13-6-8/h8-10,13-14H,2-7H2,1H3,(H,16,17)/t8-,9+,10-/m1/s1. The van der Waals surface area contributed by atoms with E-state index in [0.29, 0.717) is 13.0 Å². The Morgan fingerprint density at radius 3 is 2.89 bits per heavy atom. The lowest BCUT2D eigenvalue weighted by molar-refractivity contribution is -0.149. The molecule has 0 spiro atoms. The number of carboxylic acid groups (broad SMARTS) is 1. The maximum absolute atomic E-state index is 11.8. The molecule has 0 aliphatic carbocycles. The summed E-state index contributed by atoms with van der Waals surface area (Å²) >= 11 is 0. The number of hydrogen-bond donors (Lipinski definition) is 3. The summed E-state index contributed by atoms with van der Waals surface area (Å²) in [4.78, 5) is 24.5. The molecule has 108 valence electrons. The van der Waals surface area contributed by atoms with Gasteiger partial charge in [0.25, 0.3) is 0 Å². The molecule has 2 fully saturated rings. The van der Waals surface area contributed by atoms with Crippen molar-refractivity contribution in [2.75, 3.05) is 26.9 Å². The minimum Gasteiger partial charge on any atom is -0.480 e. The number of hydrogen-bond acceptors (Lipinski definition) is 6. The summed E-state index contributed by atoms with van der Waals surface area (Å²) in [5.41, 5.74) is 0. The fourth-order valence-electron chi connectivity index (χ4n) is 2.61. The van der Waals surface area contributed by atoms with Crippen molar-refractivity contribution in [3.63, 3.8) is 0 Å². The number of aliphatic carboxylic acids is 1. The Bertz CT molecular complexity index is 350. The highest BCUT2D eigenvalue weighted by Crippen LogP contribution is 2.15. The Kier molecular flexibility index (Phi) is 4.73. The molecule has 2 aliphatic rings. The highest BCUT2D eigenvalue weighted by Gasteiger charge is 2.31. The van der Waals surface area contributed by atoms with Crippen LogP contribution in [0.3, 0.4) is 0 Å². The lowest BCUT2D eigenvalue weighted by Gasteiger charge is -2.18. The van der Waals surface area contributed by atoms with E-state index in [1.165, 1.54) is 0 Å². The van der Waals surface area contributed by atoms with E-state index in [1.807, 2.05) is 11.9 Å². The molecule has 0 radical (unpaired) electrons. The monoisotopic (exact) mass is 271 g/mol. The Balaban J connectivity index is 1.64. The third-order valence-corrected chi connectivity index (χ3v) is 3.81. The van der Waals surface area contributed by atoms with Crippen LogP contribution in [0.4, 0.5) is 0 Å². The van der Waals surface area contributed by atoms with E-state index in [-0.39, 0.29) is 24.8 Å². The number of esters is 1. The van der Waals surface area contributed by atoms with Crippen molar-refractivity contribution >= 4 is 11.9 Å². The number of ether oxygens (including phenoxy) is 1. The van der Waals surface area contributed by atoms with Crippen molar-refractivity contribution in [3.8, 4) is 0 Å². The van der Waals surface area contributed by atoms with Gasteiger partial charge in [0.05, 0.1) is 0 Å². The first-order valence-corrected chi connectivity index (χ1v) is 6.64. The van der Waals surface area contributed by atoms with Crippen LogP contribution in [0, 0.1) is 0 Å². The van der Waals surface area contributed by atoms with Crippen LogP contribution in [0.15, 0.2) is 0 Å². The fourth-order valence-corrected chi connectivity index (χ4v) is 2.61. The van der Waals surface area contributed by atoms with Gasteiger partial charge in [0.15, 0.2) is 0 Å². The van der Waals surface area contributed by atoms with Crippen molar-refractivity contribution in [1.29, 1.82) is 0 Å². The zero-order chi connectivity index (χ0) is 13.8. The average molecular weight is 271 g/mol. The molecule has 0 aromatic rings. The van der Waals surface area contributed by atoms with Gasteiger partial charge in [0.2, 0.25) is 0 Å². The third-order valence-electron chi connectivity index (χ3n) is 3.81. The van der Waals surface area contributed by atoms with Crippen LogP contribution in [-0.2, 0) is 14.3 Å². The predicted octanol–water partition coefficient (Wildman–Crippen LogP) is -1.01. The van der Waals surface area contributed by atoms with Crippen LogP contribution >= 0.6 is 0 Å². The smallest absolute Gasteiger partial charge is 0.324 e. The predicted molar refractivity (Wildman–Crippen MR) is 67.6 cm³/mol. The molecule has 3 N–H and O–H groups in total. The van der Waals surface area contributed by atoms with E-state index in [0.717, 1.165) is 19.4 Å². The number of carbonyl (C=O) groups is 2. The molecule has 0 aromatic heterocycles. The zero-order valence-corrected chi connectivity index (χ0v) is 11.1. The first-order valence-electron chi connectivity index (χ1n) is 6.64. The van der Waals surface area contributed by atoms with Crippen molar-refractivity contribution in [1.82, 2.24) is 15.5 Å². The lowest BCUT2D eigenvalue weighted by Crippen LogP contribution is -2.38. The van der Waals surface area contributed by atoms with Gasteiger partial charge in [-0.25, -0.2) is 0 Å². The average Bonchev–Trinajstić information content (AvgIpc) is 2.97.